The number of Topliss-reactive ketones (excluding diaryl/α,β-unsaturated/α-hetero) is 1. The number of sulfonamides is 1. The number of benzene rings is 1. The summed E-state index contributed by atoms with van der Waals surface area (Å²) in [5.41, 5.74) is 5.99. The maximum absolute atomic E-state index is 12.3. The van der Waals surface area contributed by atoms with E-state index in [0.717, 1.165) is 11.3 Å². The lowest BCUT2D eigenvalue weighted by Gasteiger charge is -2.09. The molecule has 9 heteroatoms. The summed E-state index contributed by atoms with van der Waals surface area (Å²) < 4.78 is 31.8. The molecule has 0 bridgehead atoms. The van der Waals surface area contributed by atoms with Crippen LogP contribution in [0.1, 0.15) is 17.4 Å². The number of hydrogen-bond acceptors (Lipinski definition) is 7. The van der Waals surface area contributed by atoms with Gasteiger partial charge in [-0.3, -0.25) is 9.52 Å². The van der Waals surface area contributed by atoms with Crippen LogP contribution in [0.3, 0.4) is 0 Å². The summed E-state index contributed by atoms with van der Waals surface area (Å²) in [6.45, 7) is 1.36. The van der Waals surface area contributed by atoms with Crippen LogP contribution in [0.25, 0.3) is 0 Å². The smallest absolute Gasteiger partial charge is 0.265 e. The number of ketones is 1. The number of anilines is 2. The zero-order valence-electron chi connectivity index (χ0n) is 11.3. The van der Waals surface area contributed by atoms with Gasteiger partial charge in [-0.05, 0) is 12.1 Å². The molecule has 3 N–H and O–H groups in total. The minimum atomic E-state index is -3.88. The van der Waals surface area contributed by atoms with Gasteiger partial charge >= 0.3 is 0 Å². The predicted molar refractivity (Wildman–Crippen MR) is 80.3 cm³/mol. The number of rotatable bonds is 5. The highest BCUT2D eigenvalue weighted by Crippen LogP contribution is 2.26. The molecule has 0 unspecified atom stereocenters. The van der Waals surface area contributed by atoms with Crippen molar-refractivity contribution < 1.29 is 17.9 Å². The van der Waals surface area contributed by atoms with E-state index in [9.17, 15) is 13.2 Å². The third-order valence-corrected chi connectivity index (χ3v) is 4.89. The van der Waals surface area contributed by atoms with Crippen molar-refractivity contribution in [3.8, 4) is 5.75 Å². The maximum Gasteiger partial charge on any atom is 0.265 e. The Balaban J connectivity index is 2.31. The van der Waals surface area contributed by atoms with Crippen molar-refractivity contribution in [2.45, 2.75) is 11.8 Å². The third-order valence-electron chi connectivity index (χ3n) is 2.59. The van der Waals surface area contributed by atoms with Gasteiger partial charge in [0.15, 0.2) is 10.9 Å². The zero-order chi connectivity index (χ0) is 15.6. The molecule has 1 aromatic carbocycles. The topological polar surface area (TPSA) is 111 Å². The fraction of sp³-hybridized carbons (Fsp3) is 0.167. The average Bonchev–Trinajstić information content (AvgIpc) is 2.86. The number of hydrogen-bond donors (Lipinski definition) is 2. The van der Waals surface area contributed by atoms with Crippen molar-refractivity contribution in [3.05, 3.63) is 29.3 Å². The Morgan fingerprint density at radius 2 is 2.14 bits per heavy atom. The molecule has 7 nitrogen and oxygen atoms in total. The van der Waals surface area contributed by atoms with Crippen molar-refractivity contribution in [1.82, 2.24) is 4.98 Å². The molecule has 0 aliphatic rings. The van der Waals surface area contributed by atoms with Crippen LogP contribution < -0.4 is 15.2 Å². The molecule has 21 heavy (non-hydrogen) atoms. The monoisotopic (exact) mass is 327 g/mol. The quantitative estimate of drug-likeness (QED) is 0.639. The Morgan fingerprint density at radius 1 is 1.43 bits per heavy atom. The van der Waals surface area contributed by atoms with E-state index in [1.807, 2.05) is 0 Å². The molecule has 0 saturated carbocycles. The Hall–Kier alpha value is -2.13. The first-order valence-corrected chi connectivity index (χ1v) is 8.12. The highest BCUT2D eigenvalue weighted by molar-refractivity contribution is 7.93. The number of methoxy groups -OCH3 is 1. The van der Waals surface area contributed by atoms with Crippen LogP contribution >= 0.6 is 11.3 Å². The number of nitrogens with two attached hydrogens (primary N) is 1. The minimum Gasteiger partial charge on any atom is -0.497 e. The molecule has 0 atom stereocenters. The van der Waals surface area contributed by atoms with Gasteiger partial charge in [0.25, 0.3) is 10.0 Å². The fourth-order valence-electron chi connectivity index (χ4n) is 1.55. The largest absolute Gasteiger partial charge is 0.497 e. The van der Waals surface area contributed by atoms with Gasteiger partial charge in [-0.25, -0.2) is 13.4 Å². The lowest BCUT2D eigenvalue weighted by Crippen LogP contribution is -2.15. The van der Waals surface area contributed by atoms with Gasteiger partial charge in [0.1, 0.15) is 16.3 Å². The Bertz CT molecular complexity index is 784. The second-order valence-electron chi connectivity index (χ2n) is 4.10. The highest BCUT2D eigenvalue weighted by atomic mass is 32.2. The third kappa shape index (κ3) is 3.31. The lowest BCUT2D eigenvalue weighted by atomic mass is 10.3. The minimum absolute atomic E-state index is 0.0604. The number of aromatic nitrogens is 1. The molecule has 0 spiro atoms. The molecule has 0 radical (unpaired) electrons. The molecular formula is C12H13N3O4S2. The fourth-order valence-corrected chi connectivity index (χ4v) is 3.67. The molecule has 0 aliphatic carbocycles. The number of ether oxygens (including phenoxy) is 1. The number of thiazole rings is 1. The molecule has 0 aliphatic heterocycles. The van der Waals surface area contributed by atoms with Gasteiger partial charge in [0.05, 0.1) is 12.8 Å². The average molecular weight is 327 g/mol. The number of carbonyl (C=O) groups excluding carboxylic acids is 1. The van der Waals surface area contributed by atoms with Crippen LogP contribution in [0.2, 0.25) is 0 Å². The number of nitrogen functional groups attached to an aromatic ring is 1. The SMILES string of the molecule is COc1ccc(S(=O)(=O)Nc2nc(C(C)=O)cs2)c(N)c1. The second kappa shape index (κ2) is 5.70. The van der Waals surface area contributed by atoms with Crippen LogP contribution in [0.4, 0.5) is 10.8 Å². The van der Waals surface area contributed by atoms with E-state index < -0.39 is 10.0 Å². The van der Waals surface area contributed by atoms with Crippen LogP contribution in [0.15, 0.2) is 28.5 Å². The summed E-state index contributed by atoms with van der Waals surface area (Å²) in [5, 5.41) is 1.59. The summed E-state index contributed by atoms with van der Waals surface area (Å²) >= 11 is 1.03. The molecule has 0 amide bonds. The van der Waals surface area contributed by atoms with Gasteiger partial charge in [0.2, 0.25) is 0 Å². The highest BCUT2D eigenvalue weighted by Gasteiger charge is 2.20. The lowest BCUT2D eigenvalue weighted by molar-refractivity contribution is 0.101. The van der Waals surface area contributed by atoms with Crippen LogP contribution in [0.5, 0.6) is 5.75 Å². The normalized spacial score (nSPS) is 11.1. The molecule has 1 heterocycles. The maximum atomic E-state index is 12.3. The molecule has 2 aromatic rings. The first-order valence-electron chi connectivity index (χ1n) is 5.76. The van der Waals surface area contributed by atoms with Crippen LogP contribution in [0, 0.1) is 0 Å². The van der Waals surface area contributed by atoms with Crippen molar-refractivity contribution in [2.24, 2.45) is 0 Å². The number of nitrogens with one attached hydrogen (secondary N) is 1. The van der Waals surface area contributed by atoms with Gasteiger partial charge in [0, 0.05) is 18.4 Å². The van der Waals surface area contributed by atoms with E-state index in [1.54, 1.807) is 0 Å². The molecular weight excluding hydrogens is 314 g/mol. The molecule has 112 valence electrons. The van der Waals surface area contributed by atoms with Crippen molar-refractivity contribution >= 4 is 38.0 Å². The Kier molecular flexibility index (Phi) is 4.14. The standard InChI is InChI=1S/C12H13N3O4S2/c1-7(16)10-6-20-12(14-10)15-21(17,18)11-4-3-8(19-2)5-9(11)13/h3-6H,13H2,1-2H3,(H,14,15). The number of carbonyl (C=O) groups is 1. The van der Waals surface area contributed by atoms with Crippen LogP contribution in [-0.4, -0.2) is 26.3 Å². The van der Waals surface area contributed by atoms with E-state index >= 15 is 0 Å². The molecule has 0 saturated heterocycles. The summed E-state index contributed by atoms with van der Waals surface area (Å²) in [4.78, 5) is 15.0. The first-order chi connectivity index (χ1) is 9.83. The van der Waals surface area contributed by atoms with Crippen LogP contribution in [-0.2, 0) is 10.0 Å². The van der Waals surface area contributed by atoms with Crippen molar-refractivity contribution in [2.75, 3.05) is 17.6 Å². The second-order valence-corrected chi connectivity index (χ2v) is 6.61. The van der Waals surface area contributed by atoms with Crippen molar-refractivity contribution in [3.63, 3.8) is 0 Å². The van der Waals surface area contributed by atoms with E-state index in [-0.39, 0.29) is 27.2 Å². The zero-order valence-corrected chi connectivity index (χ0v) is 12.9. The summed E-state index contributed by atoms with van der Waals surface area (Å²) in [6, 6.07) is 4.25. The van der Waals surface area contributed by atoms with E-state index in [4.69, 9.17) is 10.5 Å². The molecule has 2 rings (SSSR count). The van der Waals surface area contributed by atoms with Gasteiger partial charge in [-0.2, -0.15) is 0 Å². The van der Waals surface area contributed by atoms with E-state index in [1.165, 1.54) is 37.6 Å². The Morgan fingerprint density at radius 3 is 2.67 bits per heavy atom. The summed E-state index contributed by atoms with van der Waals surface area (Å²) in [7, 11) is -2.42. The Labute approximate surface area is 125 Å². The van der Waals surface area contributed by atoms with Gasteiger partial charge < -0.3 is 10.5 Å². The molecule has 1 aromatic heterocycles. The number of nitrogens with zero attached hydrogens (tertiary/aromatic N) is 1. The summed E-state index contributed by atoms with van der Waals surface area (Å²) in [6.07, 6.45) is 0. The van der Waals surface area contributed by atoms with Gasteiger partial charge in [-0.15, -0.1) is 11.3 Å². The van der Waals surface area contributed by atoms with Gasteiger partial charge in [-0.1, -0.05) is 0 Å². The molecule has 0 fully saturated rings. The first kappa shape index (κ1) is 15.3. The van der Waals surface area contributed by atoms with E-state index in [0.29, 0.717) is 5.75 Å². The van der Waals surface area contributed by atoms with Crippen molar-refractivity contribution in [1.29, 1.82) is 0 Å². The van der Waals surface area contributed by atoms with E-state index in [2.05, 4.69) is 9.71 Å². The predicted octanol–water partition coefficient (Wildman–Crippen LogP) is 1.74. The summed E-state index contributed by atoms with van der Waals surface area (Å²) in [5.74, 6) is 0.222.